The summed E-state index contributed by atoms with van der Waals surface area (Å²) in [6, 6.07) is 2.59. The molecule has 4 heteroatoms. The summed E-state index contributed by atoms with van der Waals surface area (Å²) in [4.78, 5) is 0. The highest BCUT2D eigenvalue weighted by Gasteiger charge is 2.48. The van der Waals surface area contributed by atoms with E-state index in [-0.39, 0.29) is 11.3 Å². The largest absolute Gasteiger partial charge is 0.313 e. The fourth-order valence-electron chi connectivity index (χ4n) is 2.93. The molecule has 0 saturated heterocycles. The van der Waals surface area contributed by atoms with Gasteiger partial charge in [-0.15, -0.1) is 0 Å². The molecule has 1 aliphatic rings. The Labute approximate surface area is 112 Å². The third-order valence-corrected chi connectivity index (χ3v) is 4.32. The molecule has 0 bridgehead atoms. The van der Waals surface area contributed by atoms with Gasteiger partial charge in [-0.1, -0.05) is 20.8 Å². The number of rotatable bonds is 4. The molecule has 106 valence electrons. The molecular formula is C15H20F3N. The molecule has 1 nitrogen and oxygen atoms in total. The van der Waals surface area contributed by atoms with E-state index < -0.39 is 17.5 Å². The predicted molar refractivity (Wildman–Crippen MR) is 69.5 cm³/mol. The maximum Gasteiger partial charge on any atom is 0.194 e. The fraction of sp³-hybridized carbons (Fsp3) is 0.600. The number of benzene rings is 1. The van der Waals surface area contributed by atoms with Gasteiger partial charge in [0, 0.05) is 6.04 Å². The zero-order valence-electron chi connectivity index (χ0n) is 11.6. The highest BCUT2D eigenvalue weighted by Crippen LogP contribution is 2.52. The van der Waals surface area contributed by atoms with Crippen molar-refractivity contribution in [2.75, 3.05) is 6.54 Å². The zero-order valence-corrected chi connectivity index (χ0v) is 11.6. The molecule has 0 amide bonds. The van der Waals surface area contributed by atoms with Gasteiger partial charge in [-0.2, -0.15) is 0 Å². The van der Waals surface area contributed by atoms with E-state index in [1.807, 2.05) is 0 Å². The van der Waals surface area contributed by atoms with Crippen LogP contribution in [0.2, 0.25) is 0 Å². The molecule has 0 radical (unpaired) electrons. The Morgan fingerprint density at radius 2 is 1.79 bits per heavy atom. The van der Waals surface area contributed by atoms with Gasteiger partial charge in [0.2, 0.25) is 0 Å². The van der Waals surface area contributed by atoms with E-state index >= 15 is 0 Å². The van der Waals surface area contributed by atoms with Crippen LogP contribution in [-0.4, -0.2) is 12.6 Å². The third kappa shape index (κ3) is 2.50. The molecule has 2 atom stereocenters. The van der Waals surface area contributed by atoms with Crippen LogP contribution in [0.5, 0.6) is 0 Å². The van der Waals surface area contributed by atoms with Gasteiger partial charge in [0.25, 0.3) is 0 Å². The van der Waals surface area contributed by atoms with Crippen molar-refractivity contribution in [3.63, 3.8) is 0 Å². The van der Waals surface area contributed by atoms with Crippen LogP contribution in [-0.2, 0) is 0 Å². The van der Waals surface area contributed by atoms with Crippen molar-refractivity contribution in [2.45, 2.75) is 45.6 Å². The van der Waals surface area contributed by atoms with Crippen LogP contribution < -0.4 is 5.32 Å². The minimum absolute atomic E-state index is 0.0615. The Bertz CT molecular complexity index is 447. The molecule has 1 fully saturated rings. The summed E-state index contributed by atoms with van der Waals surface area (Å²) < 4.78 is 39.5. The van der Waals surface area contributed by atoms with Crippen molar-refractivity contribution < 1.29 is 13.2 Å². The number of hydrogen-bond acceptors (Lipinski definition) is 1. The lowest BCUT2D eigenvalue weighted by atomic mass is 9.56. The minimum Gasteiger partial charge on any atom is -0.313 e. The Kier molecular flexibility index (Phi) is 3.90. The molecule has 0 aromatic heterocycles. The highest BCUT2D eigenvalue weighted by atomic mass is 19.2. The lowest BCUT2D eigenvalue weighted by Gasteiger charge is -2.53. The first kappa shape index (κ1) is 14.4. The van der Waals surface area contributed by atoms with Gasteiger partial charge in [0.05, 0.1) is 0 Å². The topological polar surface area (TPSA) is 12.0 Å². The molecule has 2 rings (SSSR count). The first-order chi connectivity index (χ1) is 8.87. The van der Waals surface area contributed by atoms with E-state index in [2.05, 4.69) is 26.1 Å². The molecule has 1 N–H and O–H groups in total. The second-order valence-electron chi connectivity index (χ2n) is 5.91. The van der Waals surface area contributed by atoms with E-state index in [1.165, 1.54) is 0 Å². The second kappa shape index (κ2) is 5.16. The molecule has 1 saturated carbocycles. The molecular weight excluding hydrogens is 251 g/mol. The lowest BCUT2D eigenvalue weighted by molar-refractivity contribution is 0.0690. The van der Waals surface area contributed by atoms with Crippen molar-refractivity contribution >= 4 is 0 Å². The maximum absolute atomic E-state index is 13.3. The highest BCUT2D eigenvalue weighted by molar-refractivity contribution is 5.29. The van der Waals surface area contributed by atoms with Gasteiger partial charge in [-0.25, -0.2) is 13.2 Å². The summed E-state index contributed by atoms with van der Waals surface area (Å²) in [5, 5.41) is 3.44. The first-order valence-corrected chi connectivity index (χ1v) is 6.75. The summed E-state index contributed by atoms with van der Waals surface area (Å²) in [5.41, 5.74) is 0.474. The Balaban J connectivity index is 2.17. The number of nitrogens with one attached hydrogen (secondary N) is 1. The van der Waals surface area contributed by atoms with E-state index in [0.717, 1.165) is 31.5 Å². The van der Waals surface area contributed by atoms with Gasteiger partial charge in [-0.05, 0) is 48.4 Å². The van der Waals surface area contributed by atoms with Crippen LogP contribution in [0.25, 0.3) is 0 Å². The van der Waals surface area contributed by atoms with Gasteiger partial charge >= 0.3 is 0 Å². The van der Waals surface area contributed by atoms with Crippen molar-refractivity contribution in [2.24, 2.45) is 5.41 Å². The quantitative estimate of drug-likeness (QED) is 0.817. The summed E-state index contributed by atoms with van der Waals surface area (Å²) in [7, 11) is 0. The first-order valence-electron chi connectivity index (χ1n) is 6.75. The average molecular weight is 271 g/mol. The van der Waals surface area contributed by atoms with Crippen LogP contribution in [0.15, 0.2) is 12.1 Å². The van der Waals surface area contributed by atoms with E-state index in [0.29, 0.717) is 11.6 Å². The van der Waals surface area contributed by atoms with E-state index in [9.17, 15) is 13.2 Å². The SMILES string of the molecule is CCCNC1CC(c2cc(F)c(F)c(F)c2)C1(C)C. The summed E-state index contributed by atoms with van der Waals surface area (Å²) >= 11 is 0. The molecule has 19 heavy (non-hydrogen) atoms. The van der Waals surface area contributed by atoms with Crippen LogP contribution in [0.4, 0.5) is 13.2 Å². The molecule has 1 aromatic carbocycles. The van der Waals surface area contributed by atoms with Gasteiger partial charge < -0.3 is 5.32 Å². The minimum atomic E-state index is -1.39. The molecule has 1 aromatic rings. The third-order valence-electron chi connectivity index (χ3n) is 4.32. The number of halogens is 3. The van der Waals surface area contributed by atoms with Crippen LogP contribution in [0.3, 0.4) is 0 Å². The van der Waals surface area contributed by atoms with Gasteiger partial charge in [0.1, 0.15) is 0 Å². The Morgan fingerprint density at radius 1 is 1.21 bits per heavy atom. The summed E-state index contributed by atoms with van der Waals surface area (Å²) in [5.74, 6) is -3.53. The van der Waals surface area contributed by atoms with Crippen molar-refractivity contribution in [3.8, 4) is 0 Å². The maximum atomic E-state index is 13.3. The Morgan fingerprint density at radius 3 is 2.26 bits per heavy atom. The monoisotopic (exact) mass is 271 g/mol. The molecule has 2 unspecified atom stereocenters. The lowest BCUT2D eigenvalue weighted by Crippen LogP contribution is -2.55. The van der Waals surface area contributed by atoms with Gasteiger partial charge in [-0.3, -0.25) is 0 Å². The van der Waals surface area contributed by atoms with Gasteiger partial charge in [0.15, 0.2) is 17.5 Å². The van der Waals surface area contributed by atoms with E-state index in [1.54, 1.807) is 0 Å². The van der Waals surface area contributed by atoms with Crippen molar-refractivity contribution in [3.05, 3.63) is 35.1 Å². The van der Waals surface area contributed by atoms with Crippen molar-refractivity contribution in [1.29, 1.82) is 0 Å². The molecule has 0 heterocycles. The summed E-state index contributed by atoms with van der Waals surface area (Å²) in [6.45, 7) is 7.19. The van der Waals surface area contributed by atoms with E-state index in [4.69, 9.17) is 0 Å². The standard InChI is InChI=1S/C15H20F3N/c1-4-5-19-13-8-10(15(13,2)3)9-6-11(16)14(18)12(17)7-9/h6-7,10,13,19H,4-5,8H2,1-3H3. The van der Waals surface area contributed by atoms with Crippen LogP contribution in [0.1, 0.15) is 45.1 Å². The van der Waals surface area contributed by atoms with Crippen LogP contribution >= 0.6 is 0 Å². The predicted octanol–water partition coefficient (Wildman–Crippen LogP) is 3.99. The zero-order chi connectivity index (χ0) is 14.2. The Hall–Kier alpha value is -1.03. The molecule has 0 spiro atoms. The van der Waals surface area contributed by atoms with Crippen molar-refractivity contribution in [1.82, 2.24) is 5.32 Å². The smallest absolute Gasteiger partial charge is 0.194 e. The molecule has 0 aliphatic heterocycles. The second-order valence-corrected chi connectivity index (χ2v) is 5.91. The van der Waals surface area contributed by atoms with Crippen LogP contribution in [0, 0.1) is 22.9 Å². The fourth-order valence-corrected chi connectivity index (χ4v) is 2.93. The average Bonchev–Trinajstić information content (AvgIpc) is 2.34. The summed E-state index contributed by atoms with van der Waals surface area (Å²) in [6.07, 6.45) is 1.88. The number of hydrogen-bond donors (Lipinski definition) is 1. The molecule has 1 aliphatic carbocycles. The normalized spacial score (nSPS) is 25.2.